The maximum absolute atomic E-state index is 13.2. The normalized spacial score (nSPS) is 12.7. The van der Waals surface area contributed by atoms with Crippen LogP contribution in [-0.2, 0) is 11.3 Å². The fourth-order valence-corrected chi connectivity index (χ4v) is 2.83. The van der Waals surface area contributed by atoms with Crippen molar-refractivity contribution in [1.29, 1.82) is 0 Å². The van der Waals surface area contributed by atoms with E-state index in [4.69, 9.17) is 4.74 Å². The monoisotopic (exact) mass is 385 g/mol. The number of nitrogens with zero attached hydrogens (tertiary/aromatic N) is 1. The van der Waals surface area contributed by atoms with Crippen LogP contribution in [0.25, 0.3) is 12.2 Å². The molecule has 0 saturated carbocycles. The van der Waals surface area contributed by atoms with Crippen molar-refractivity contribution in [3.05, 3.63) is 74.3 Å². The molecular weight excluding hydrogens is 361 g/mol. The van der Waals surface area contributed by atoms with Gasteiger partial charge in [-0.2, -0.15) is 0 Å². The third-order valence-corrected chi connectivity index (χ3v) is 4.10. The topological polar surface area (TPSA) is 68.5 Å². The highest BCUT2D eigenvalue weighted by Crippen LogP contribution is 2.09. The molecule has 28 heavy (non-hydrogen) atoms. The Bertz CT molecular complexity index is 1050. The molecule has 5 nitrogen and oxygen atoms in total. The van der Waals surface area contributed by atoms with Crippen molar-refractivity contribution in [1.82, 2.24) is 4.57 Å². The van der Waals surface area contributed by atoms with E-state index in [9.17, 15) is 19.1 Å². The summed E-state index contributed by atoms with van der Waals surface area (Å²) < 4.78 is 19.6. The van der Waals surface area contributed by atoms with Crippen molar-refractivity contribution >= 4 is 18.1 Å². The molecule has 0 atom stereocenters. The van der Waals surface area contributed by atoms with Gasteiger partial charge in [-0.1, -0.05) is 37.3 Å². The molecule has 0 aliphatic heterocycles. The van der Waals surface area contributed by atoms with Crippen molar-refractivity contribution in [2.75, 3.05) is 6.61 Å². The van der Waals surface area contributed by atoms with E-state index in [0.29, 0.717) is 22.6 Å². The molecule has 0 saturated heterocycles. The van der Waals surface area contributed by atoms with Gasteiger partial charge in [0.25, 0.3) is 5.56 Å². The summed E-state index contributed by atoms with van der Waals surface area (Å²) in [6.45, 7) is 5.54. The minimum absolute atomic E-state index is 0.0758. The molecule has 0 unspecified atom stereocenters. The number of carbonyl (C=O) groups is 1. The third-order valence-electron chi connectivity index (χ3n) is 4.10. The zero-order valence-electron chi connectivity index (χ0n) is 16.2. The molecule has 6 heteroatoms. The first kappa shape index (κ1) is 21.2. The number of carbonyl (C=O) groups excluding carboxylic acids is 1. The standard InChI is InChI=1S/C22H24FNO4/c1-4-7-9-17-18(8-5-2)24(14-15-10-12-16(23)13-11-15)21(26)19(20(17)25)22(27)28-6-3/h4,7-13,25H,5-6,14H2,1-3H3/b7-4-,17-9+,18-8-. The average molecular weight is 385 g/mol. The largest absolute Gasteiger partial charge is 0.506 e. The average Bonchev–Trinajstić information content (AvgIpc) is 2.66. The molecule has 0 radical (unpaired) electrons. The van der Waals surface area contributed by atoms with Gasteiger partial charge in [0.2, 0.25) is 0 Å². The molecule has 1 aromatic heterocycles. The summed E-state index contributed by atoms with van der Waals surface area (Å²) >= 11 is 0. The molecule has 0 aliphatic rings. The Morgan fingerprint density at radius 1 is 1.25 bits per heavy atom. The molecular formula is C22H24FNO4. The molecule has 2 rings (SSSR count). The Kier molecular flexibility index (Phi) is 7.32. The van der Waals surface area contributed by atoms with Crippen molar-refractivity contribution < 1.29 is 19.0 Å². The van der Waals surface area contributed by atoms with Crippen LogP contribution in [-0.4, -0.2) is 22.2 Å². The summed E-state index contributed by atoms with van der Waals surface area (Å²) in [5.41, 5.74) is -0.377. The predicted octanol–water partition coefficient (Wildman–Crippen LogP) is 2.47. The SMILES string of the molecule is C\C=C/C=c1/c(O)c(C(=O)OCC)c(=O)n(Cc2ccc(F)cc2)/c1=C\CC. The molecule has 0 amide bonds. The molecule has 148 valence electrons. The second-order valence-electron chi connectivity index (χ2n) is 6.07. The van der Waals surface area contributed by atoms with Gasteiger partial charge in [-0.05, 0) is 44.0 Å². The quantitative estimate of drug-likeness (QED) is 0.776. The van der Waals surface area contributed by atoms with Gasteiger partial charge in [-0.3, -0.25) is 4.79 Å². The van der Waals surface area contributed by atoms with Crippen molar-refractivity contribution in [2.45, 2.75) is 33.7 Å². The maximum atomic E-state index is 13.2. The second-order valence-corrected chi connectivity index (χ2v) is 6.07. The molecule has 1 N–H and O–H groups in total. The lowest BCUT2D eigenvalue weighted by Gasteiger charge is -2.13. The Hall–Kier alpha value is -3.15. The summed E-state index contributed by atoms with van der Waals surface area (Å²) in [5, 5.41) is 11.5. The van der Waals surface area contributed by atoms with Gasteiger partial charge in [-0.15, -0.1) is 0 Å². The lowest BCUT2D eigenvalue weighted by atomic mass is 10.1. The van der Waals surface area contributed by atoms with E-state index < -0.39 is 22.8 Å². The number of pyridine rings is 1. The Labute approximate surface area is 162 Å². The lowest BCUT2D eigenvalue weighted by molar-refractivity contribution is 0.0519. The highest BCUT2D eigenvalue weighted by Gasteiger charge is 2.22. The summed E-state index contributed by atoms with van der Waals surface area (Å²) in [5.74, 6) is -1.66. The van der Waals surface area contributed by atoms with Gasteiger partial charge >= 0.3 is 5.97 Å². The number of benzene rings is 1. The van der Waals surface area contributed by atoms with Gasteiger partial charge < -0.3 is 14.4 Å². The Morgan fingerprint density at radius 2 is 1.93 bits per heavy atom. The summed E-state index contributed by atoms with van der Waals surface area (Å²) in [6, 6.07) is 5.76. The van der Waals surface area contributed by atoms with Crippen LogP contribution in [0.5, 0.6) is 5.75 Å². The van der Waals surface area contributed by atoms with E-state index in [1.807, 2.05) is 13.8 Å². The first-order valence-corrected chi connectivity index (χ1v) is 9.15. The minimum Gasteiger partial charge on any atom is -0.506 e. The summed E-state index contributed by atoms with van der Waals surface area (Å²) in [6.07, 6.45) is 7.53. The van der Waals surface area contributed by atoms with Crippen LogP contribution in [0.2, 0.25) is 0 Å². The molecule has 0 aliphatic carbocycles. The van der Waals surface area contributed by atoms with Gasteiger partial charge in [0.05, 0.1) is 18.5 Å². The fourth-order valence-electron chi connectivity index (χ4n) is 2.83. The first-order chi connectivity index (χ1) is 13.4. The number of aromatic hydroxyl groups is 1. The predicted molar refractivity (Wildman–Crippen MR) is 107 cm³/mol. The van der Waals surface area contributed by atoms with E-state index in [0.717, 1.165) is 0 Å². The first-order valence-electron chi connectivity index (χ1n) is 9.15. The van der Waals surface area contributed by atoms with Crippen LogP contribution in [0, 0.1) is 5.82 Å². The number of rotatable bonds is 6. The zero-order chi connectivity index (χ0) is 20.7. The van der Waals surface area contributed by atoms with Crippen LogP contribution < -0.4 is 16.1 Å². The van der Waals surface area contributed by atoms with Crippen molar-refractivity contribution in [3.8, 4) is 5.75 Å². The minimum atomic E-state index is -0.879. The number of hydrogen-bond acceptors (Lipinski definition) is 4. The highest BCUT2D eigenvalue weighted by atomic mass is 19.1. The molecule has 0 spiro atoms. The Balaban J connectivity index is 2.89. The number of allylic oxidation sites excluding steroid dienone is 2. The van der Waals surface area contributed by atoms with E-state index in [2.05, 4.69) is 0 Å². The second kappa shape index (κ2) is 9.69. The number of ether oxygens (including phenoxy) is 1. The van der Waals surface area contributed by atoms with Crippen molar-refractivity contribution in [2.24, 2.45) is 0 Å². The Morgan fingerprint density at radius 3 is 2.50 bits per heavy atom. The number of esters is 1. The smallest absolute Gasteiger partial charge is 0.347 e. The summed E-state index contributed by atoms with van der Waals surface area (Å²) in [7, 11) is 0. The number of hydrogen-bond donors (Lipinski definition) is 1. The van der Waals surface area contributed by atoms with Crippen molar-refractivity contribution in [3.63, 3.8) is 0 Å². The number of aromatic nitrogens is 1. The van der Waals surface area contributed by atoms with Crippen LogP contribution in [0.15, 0.2) is 41.2 Å². The fraction of sp³-hybridized carbons (Fsp3) is 0.273. The van der Waals surface area contributed by atoms with Crippen LogP contribution in [0.3, 0.4) is 0 Å². The molecule has 0 bridgehead atoms. The van der Waals surface area contributed by atoms with E-state index >= 15 is 0 Å². The zero-order valence-corrected chi connectivity index (χ0v) is 16.2. The molecule has 2 aromatic rings. The van der Waals surface area contributed by atoms with E-state index in [1.54, 1.807) is 43.4 Å². The highest BCUT2D eigenvalue weighted by molar-refractivity contribution is 5.92. The van der Waals surface area contributed by atoms with E-state index in [-0.39, 0.29) is 19.0 Å². The molecule has 0 fully saturated rings. The maximum Gasteiger partial charge on any atom is 0.347 e. The van der Waals surface area contributed by atoms with Gasteiger partial charge in [0.1, 0.15) is 11.6 Å². The molecule has 1 aromatic carbocycles. The lowest BCUT2D eigenvalue weighted by Crippen LogP contribution is -2.46. The molecule has 1 heterocycles. The van der Waals surface area contributed by atoms with Gasteiger partial charge in [0.15, 0.2) is 5.56 Å². The van der Waals surface area contributed by atoms with Gasteiger partial charge in [-0.25, -0.2) is 9.18 Å². The van der Waals surface area contributed by atoms with Crippen LogP contribution in [0.1, 0.15) is 43.1 Å². The number of halogens is 1. The third kappa shape index (κ3) is 4.57. The van der Waals surface area contributed by atoms with Crippen LogP contribution >= 0.6 is 0 Å². The van der Waals surface area contributed by atoms with Gasteiger partial charge in [0, 0.05) is 5.22 Å². The summed E-state index contributed by atoms with van der Waals surface area (Å²) in [4.78, 5) is 25.4. The van der Waals surface area contributed by atoms with Crippen LogP contribution in [0.4, 0.5) is 4.39 Å². The van der Waals surface area contributed by atoms with E-state index in [1.165, 1.54) is 16.7 Å².